The summed E-state index contributed by atoms with van der Waals surface area (Å²) in [7, 11) is 0. The van der Waals surface area contributed by atoms with Crippen molar-refractivity contribution in [1.29, 1.82) is 0 Å². The molecule has 1 heterocycles. The minimum Gasteiger partial charge on any atom is -0.480 e. The van der Waals surface area contributed by atoms with Crippen molar-refractivity contribution >= 4 is 34.2 Å². The van der Waals surface area contributed by atoms with Crippen LogP contribution in [-0.4, -0.2) is 39.7 Å². The molecule has 0 aliphatic carbocycles. The minimum absolute atomic E-state index is 0.199. The van der Waals surface area contributed by atoms with Gasteiger partial charge in [0.25, 0.3) is 5.91 Å². The average Bonchev–Trinajstić information content (AvgIpc) is 2.45. The molecule has 20 heavy (non-hydrogen) atoms. The highest BCUT2D eigenvalue weighted by Crippen LogP contribution is 2.24. The number of aliphatic carboxylic acids is 1. The van der Waals surface area contributed by atoms with Gasteiger partial charge in [0.15, 0.2) is 6.04 Å². The summed E-state index contributed by atoms with van der Waals surface area (Å²) in [5.41, 5.74) is 0.199. The molecular weight excluding hydrogens is 284 g/mol. The topological polar surface area (TPSA) is 99.5 Å². The highest BCUT2D eigenvalue weighted by Gasteiger charge is 2.21. The summed E-state index contributed by atoms with van der Waals surface area (Å²) < 4.78 is 0. The first kappa shape index (κ1) is 14.2. The summed E-state index contributed by atoms with van der Waals surface area (Å²) >= 11 is 5.94. The summed E-state index contributed by atoms with van der Waals surface area (Å²) in [5.74, 6) is -1.95. The number of carbonyl (C=O) groups is 2. The number of halogens is 1. The molecular formula is C13H11ClN2O4. The van der Waals surface area contributed by atoms with Crippen LogP contribution in [0.3, 0.4) is 0 Å². The van der Waals surface area contributed by atoms with Gasteiger partial charge in [-0.25, -0.2) is 9.78 Å². The number of nitrogens with zero attached hydrogens (tertiary/aromatic N) is 1. The third kappa shape index (κ3) is 2.71. The smallest absolute Gasteiger partial charge is 0.328 e. The van der Waals surface area contributed by atoms with E-state index in [2.05, 4.69) is 10.3 Å². The first-order valence-corrected chi connectivity index (χ1v) is 6.10. The van der Waals surface area contributed by atoms with E-state index < -0.39 is 24.5 Å². The first-order valence-electron chi connectivity index (χ1n) is 5.72. The van der Waals surface area contributed by atoms with Crippen LogP contribution in [0.15, 0.2) is 30.5 Å². The second kappa shape index (κ2) is 5.85. The number of aliphatic hydroxyl groups excluding tert-OH is 1. The Balaban J connectivity index is 2.40. The van der Waals surface area contributed by atoms with E-state index in [0.29, 0.717) is 10.8 Å². The maximum absolute atomic E-state index is 12.1. The zero-order valence-electron chi connectivity index (χ0n) is 10.2. The van der Waals surface area contributed by atoms with Crippen molar-refractivity contribution in [2.75, 3.05) is 6.61 Å². The summed E-state index contributed by atoms with van der Waals surface area (Å²) in [6, 6.07) is 5.52. The third-order valence-electron chi connectivity index (χ3n) is 2.78. The van der Waals surface area contributed by atoms with E-state index in [1.54, 1.807) is 24.3 Å². The average molecular weight is 295 g/mol. The molecule has 1 amide bonds. The predicted octanol–water partition coefficient (Wildman–Crippen LogP) is 1.06. The quantitative estimate of drug-likeness (QED) is 0.732. The number of aliphatic hydroxyl groups is 1. The Morgan fingerprint density at radius 2 is 1.95 bits per heavy atom. The van der Waals surface area contributed by atoms with Gasteiger partial charge in [0.05, 0.1) is 12.2 Å². The van der Waals surface area contributed by atoms with E-state index in [1.807, 2.05) is 0 Å². The zero-order valence-corrected chi connectivity index (χ0v) is 11.0. The fraction of sp³-hybridized carbons (Fsp3) is 0.154. The van der Waals surface area contributed by atoms with Crippen molar-refractivity contribution in [1.82, 2.24) is 10.3 Å². The SMILES string of the molecule is O=C(N[C@@H](CO)C(=O)O)c1cnc(Cl)c2ccccc12. The highest BCUT2D eigenvalue weighted by atomic mass is 35.5. The van der Waals surface area contributed by atoms with Crippen LogP contribution < -0.4 is 5.32 Å². The predicted molar refractivity (Wildman–Crippen MR) is 72.7 cm³/mol. The lowest BCUT2D eigenvalue weighted by Gasteiger charge is -2.13. The van der Waals surface area contributed by atoms with Crippen LogP contribution in [-0.2, 0) is 4.79 Å². The molecule has 0 saturated carbocycles. The normalized spacial score (nSPS) is 12.1. The molecule has 104 valence electrons. The Labute approximate surface area is 119 Å². The number of carboxylic acids is 1. The number of carboxylic acid groups (broad SMARTS) is 1. The maximum Gasteiger partial charge on any atom is 0.328 e. The number of benzene rings is 1. The van der Waals surface area contributed by atoms with Gasteiger partial charge in [-0.1, -0.05) is 35.9 Å². The second-order valence-electron chi connectivity index (χ2n) is 4.06. The first-order chi connectivity index (χ1) is 9.54. The van der Waals surface area contributed by atoms with Gasteiger partial charge >= 0.3 is 5.97 Å². The number of hydrogen-bond acceptors (Lipinski definition) is 4. The lowest BCUT2D eigenvalue weighted by molar-refractivity contribution is -0.140. The monoisotopic (exact) mass is 294 g/mol. The summed E-state index contributed by atoms with van der Waals surface area (Å²) in [6.45, 7) is -0.694. The molecule has 6 nitrogen and oxygen atoms in total. The molecule has 0 fully saturated rings. The third-order valence-corrected chi connectivity index (χ3v) is 3.08. The maximum atomic E-state index is 12.1. The molecule has 7 heteroatoms. The molecule has 1 aromatic heterocycles. The fourth-order valence-electron chi connectivity index (χ4n) is 1.76. The molecule has 0 spiro atoms. The van der Waals surface area contributed by atoms with Gasteiger partial charge in [-0.05, 0) is 5.39 Å². The lowest BCUT2D eigenvalue weighted by Crippen LogP contribution is -2.43. The van der Waals surface area contributed by atoms with Crippen LogP contribution in [0.4, 0.5) is 0 Å². The van der Waals surface area contributed by atoms with E-state index >= 15 is 0 Å². The van der Waals surface area contributed by atoms with Crippen molar-refractivity contribution in [3.8, 4) is 0 Å². The van der Waals surface area contributed by atoms with E-state index in [1.165, 1.54) is 6.20 Å². The summed E-state index contributed by atoms with van der Waals surface area (Å²) in [5, 5.41) is 21.4. The molecule has 1 atom stereocenters. The van der Waals surface area contributed by atoms with E-state index in [4.69, 9.17) is 21.8 Å². The Morgan fingerprint density at radius 3 is 2.55 bits per heavy atom. The molecule has 0 unspecified atom stereocenters. The van der Waals surface area contributed by atoms with Gasteiger partial charge < -0.3 is 15.5 Å². The summed E-state index contributed by atoms with van der Waals surface area (Å²) in [6.07, 6.45) is 1.27. The molecule has 0 aliphatic heterocycles. The molecule has 0 aliphatic rings. The molecule has 1 aromatic carbocycles. The molecule has 2 rings (SSSR count). The van der Waals surface area contributed by atoms with E-state index in [9.17, 15) is 9.59 Å². The van der Waals surface area contributed by atoms with E-state index in [0.717, 1.165) is 0 Å². The van der Waals surface area contributed by atoms with Crippen LogP contribution in [0.25, 0.3) is 10.8 Å². The Hall–Kier alpha value is -2.18. The van der Waals surface area contributed by atoms with Gasteiger partial charge in [-0.3, -0.25) is 4.79 Å². The van der Waals surface area contributed by atoms with Crippen LogP contribution in [0.2, 0.25) is 5.15 Å². The number of carbonyl (C=O) groups excluding carboxylic acids is 1. The highest BCUT2D eigenvalue weighted by molar-refractivity contribution is 6.34. The van der Waals surface area contributed by atoms with Gasteiger partial charge in [0.2, 0.25) is 0 Å². The van der Waals surface area contributed by atoms with E-state index in [-0.39, 0.29) is 10.7 Å². The number of pyridine rings is 1. The van der Waals surface area contributed by atoms with Crippen LogP contribution in [0.1, 0.15) is 10.4 Å². The Morgan fingerprint density at radius 1 is 1.30 bits per heavy atom. The van der Waals surface area contributed by atoms with Gasteiger partial charge in [0.1, 0.15) is 5.15 Å². The number of rotatable bonds is 4. The van der Waals surface area contributed by atoms with Crippen LogP contribution in [0, 0.1) is 0 Å². The van der Waals surface area contributed by atoms with Crippen molar-refractivity contribution in [3.63, 3.8) is 0 Å². The van der Waals surface area contributed by atoms with Gasteiger partial charge in [0, 0.05) is 11.6 Å². The zero-order chi connectivity index (χ0) is 14.7. The molecule has 0 bridgehead atoms. The second-order valence-corrected chi connectivity index (χ2v) is 4.41. The van der Waals surface area contributed by atoms with Crippen LogP contribution in [0.5, 0.6) is 0 Å². The van der Waals surface area contributed by atoms with Crippen molar-refractivity contribution in [3.05, 3.63) is 41.2 Å². The van der Waals surface area contributed by atoms with Crippen molar-refractivity contribution < 1.29 is 19.8 Å². The molecule has 2 aromatic rings. The van der Waals surface area contributed by atoms with Crippen molar-refractivity contribution in [2.24, 2.45) is 0 Å². The molecule has 0 radical (unpaired) electrons. The van der Waals surface area contributed by atoms with Crippen LogP contribution >= 0.6 is 11.6 Å². The number of nitrogens with one attached hydrogen (secondary N) is 1. The van der Waals surface area contributed by atoms with Crippen molar-refractivity contribution in [2.45, 2.75) is 6.04 Å². The Bertz CT molecular complexity index is 674. The number of amides is 1. The molecule has 3 N–H and O–H groups in total. The molecule has 0 saturated heterocycles. The summed E-state index contributed by atoms with van der Waals surface area (Å²) in [4.78, 5) is 26.8. The minimum atomic E-state index is -1.36. The largest absolute Gasteiger partial charge is 0.480 e. The number of hydrogen-bond donors (Lipinski definition) is 3. The fourth-order valence-corrected chi connectivity index (χ4v) is 1.97. The number of fused-ring (bicyclic) bond motifs is 1. The lowest BCUT2D eigenvalue weighted by atomic mass is 10.1. The van der Waals surface area contributed by atoms with Gasteiger partial charge in [-0.2, -0.15) is 0 Å². The van der Waals surface area contributed by atoms with Gasteiger partial charge in [-0.15, -0.1) is 0 Å². The number of aromatic nitrogens is 1. The Kier molecular flexibility index (Phi) is 4.16. The standard InChI is InChI=1S/C13H11ClN2O4/c14-11-8-4-2-1-3-7(8)9(5-15-11)12(18)16-10(6-17)13(19)20/h1-5,10,17H,6H2,(H,16,18)(H,19,20)/t10-/m0/s1.